The molecule has 0 fully saturated rings. The van der Waals surface area contributed by atoms with Gasteiger partial charge in [0, 0.05) is 4.88 Å². The number of aryl methyl sites for hydroxylation is 1. The van der Waals surface area contributed by atoms with Gasteiger partial charge in [-0.2, -0.15) is 9.64 Å². The molecule has 1 heterocycles. The van der Waals surface area contributed by atoms with Crippen LogP contribution < -0.4 is 11.3 Å². The Kier molecular flexibility index (Phi) is 3.88. The Hall–Kier alpha value is -1.10. The molecule has 1 aromatic heterocycles. The SMILES string of the molecule is Cc1snc(SCC(=O)NN)c1C#N. The van der Waals surface area contributed by atoms with E-state index in [2.05, 4.69) is 4.37 Å². The minimum atomic E-state index is -0.287. The first kappa shape index (κ1) is 11.0. The van der Waals surface area contributed by atoms with E-state index >= 15 is 0 Å². The lowest BCUT2D eigenvalue weighted by atomic mass is 10.3. The van der Waals surface area contributed by atoms with Crippen molar-refractivity contribution in [1.82, 2.24) is 9.80 Å². The quantitative estimate of drug-likeness (QED) is 0.338. The van der Waals surface area contributed by atoms with Gasteiger partial charge in [0.15, 0.2) is 0 Å². The van der Waals surface area contributed by atoms with Gasteiger partial charge >= 0.3 is 0 Å². The van der Waals surface area contributed by atoms with Crippen LogP contribution >= 0.6 is 23.3 Å². The lowest BCUT2D eigenvalue weighted by Crippen LogP contribution is -2.31. The molecular weight excluding hydrogens is 220 g/mol. The fourth-order valence-corrected chi connectivity index (χ4v) is 2.38. The summed E-state index contributed by atoms with van der Waals surface area (Å²) in [4.78, 5) is 11.7. The highest BCUT2D eigenvalue weighted by molar-refractivity contribution is 8.00. The summed E-state index contributed by atoms with van der Waals surface area (Å²) in [5.74, 6) is 4.80. The van der Waals surface area contributed by atoms with Crippen molar-refractivity contribution in [2.75, 3.05) is 5.75 Å². The highest BCUT2D eigenvalue weighted by Crippen LogP contribution is 2.25. The van der Waals surface area contributed by atoms with Crippen molar-refractivity contribution in [2.45, 2.75) is 11.9 Å². The summed E-state index contributed by atoms with van der Waals surface area (Å²) in [6.45, 7) is 1.82. The summed E-state index contributed by atoms with van der Waals surface area (Å²) < 4.78 is 4.05. The predicted octanol–water partition coefficient (Wildman–Crippen LogP) is 0.405. The first-order valence-electron chi connectivity index (χ1n) is 3.67. The van der Waals surface area contributed by atoms with Gasteiger partial charge in [0.25, 0.3) is 0 Å². The van der Waals surface area contributed by atoms with E-state index in [4.69, 9.17) is 11.1 Å². The van der Waals surface area contributed by atoms with Crippen LogP contribution in [0.25, 0.3) is 0 Å². The number of aromatic nitrogens is 1. The zero-order chi connectivity index (χ0) is 10.6. The lowest BCUT2D eigenvalue weighted by molar-refractivity contribution is -0.118. The predicted molar refractivity (Wildman–Crippen MR) is 54.6 cm³/mol. The third-order valence-electron chi connectivity index (χ3n) is 1.44. The molecule has 74 valence electrons. The van der Waals surface area contributed by atoms with Crippen molar-refractivity contribution in [3.05, 3.63) is 10.4 Å². The summed E-state index contributed by atoms with van der Waals surface area (Å²) in [6.07, 6.45) is 0. The number of nitrogens with one attached hydrogen (secondary N) is 1. The fourth-order valence-electron chi connectivity index (χ4n) is 0.752. The molecule has 0 aromatic carbocycles. The van der Waals surface area contributed by atoms with Gasteiger partial charge in [-0.15, -0.1) is 0 Å². The summed E-state index contributed by atoms with van der Waals surface area (Å²) in [5, 5.41) is 9.38. The van der Waals surface area contributed by atoms with E-state index < -0.39 is 0 Å². The minimum Gasteiger partial charge on any atom is -0.294 e. The molecule has 0 bridgehead atoms. The van der Waals surface area contributed by atoms with Gasteiger partial charge in [0.1, 0.15) is 11.1 Å². The van der Waals surface area contributed by atoms with Crippen LogP contribution in [0.2, 0.25) is 0 Å². The van der Waals surface area contributed by atoms with Crippen molar-refractivity contribution < 1.29 is 4.79 Å². The van der Waals surface area contributed by atoms with Crippen LogP contribution in [0.3, 0.4) is 0 Å². The molecule has 0 aliphatic heterocycles. The number of hydrogen-bond acceptors (Lipinski definition) is 6. The number of nitrogens with two attached hydrogens (primary N) is 1. The second kappa shape index (κ2) is 4.95. The summed E-state index contributed by atoms with van der Waals surface area (Å²) in [7, 11) is 0. The van der Waals surface area contributed by atoms with Crippen molar-refractivity contribution in [3.8, 4) is 6.07 Å². The topological polar surface area (TPSA) is 91.8 Å². The number of nitriles is 1. The van der Waals surface area contributed by atoms with Gasteiger partial charge in [0.05, 0.1) is 11.3 Å². The summed E-state index contributed by atoms with van der Waals surface area (Å²) >= 11 is 2.47. The second-order valence-corrected chi connectivity index (χ2v) is 4.33. The molecule has 1 amide bonds. The number of rotatable bonds is 3. The fraction of sp³-hybridized carbons (Fsp3) is 0.286. The number of carbonyl (C=O) groups excluding carboxylic acids is 1. The van der Waals surface area contributed by atoms with Crippen molar-refractivity contribution >= 4 is 29.2 Å². The molecule has 0 saturated heterocycles. The Morgan fingerprint density at radius 1 is 1.86 bits per heavy atom. The first-order valence-corrected chi connectivity index (χ1v) is 5.43. The van der Waals surface area contributed by atoms with Gasteiger partial charge in [0.2, 0.25) is 5.91 Å². The first-order chi connectivity index (χ1) is 6.69. The number of amides is 1. The molecule has 1 aromatic rings. The van der Waals surface area contributed by atoms with Crippen LogP contribution in [0.4, 0.5) is 0 Å². The lowest BCUT2D eigenvalue weighted by Gasteiger charge is -1.96. The number of nitrogens with zero attached hydrogens (tertiary/aromatic N) is 2. The molecule has 14 heavy (non-hydrogen) atoms. The Morgan fingerprint density at radius 2 is 2.57 bits per heavy atom. The maximum Gasteiger partial charge on any atom is 0.244 e. The zero-order valence-corrected chi connectivity index (χ0v) is 9.04. The number of hydrogen-bond donors (Lipinski definition) is 2. The second-order valence-electron chi connectivity index (χ2n) is 2.39. The highest BCUT2D eigenvalue weighted by atomic mass is 32.2. The number of carbonyl (C=O) groups is 1. The van der Waals surface area contributed by atoms with Gasteiger partial charge in [-0.1, -0.05) is 11.8 Å². The Morgan fingerprint density at radius 3 is 3.14 bits per heavy atom. The highest BCUT2D eigenvalue weighted by Gasteiger charge is 2.11. The van der Waals surface area contributed by atoms with Gasteiger partial charge in [-0.05, 0) is 18.5 Å². The largest absolute Gasteiger partial charge is 0.294 e. The van der Waals surface area contributed by atoms with Crippen LogP contribution in [0.5, 0.6) is 0 Å². The molecule has 0 unspecified atom stereocenters. The van der Waals surface area contributed by atoms with E-state index in [1.807, 2.05) is 18.4 Å². The van der Waals surface area contributed by atoms with Crippen LogP contribution in [0.15, 0.2) is 5.03 Å². The minimum absolute atomic E-state index is 0.175. The van der Waals surface area contributed by atoms with Crippen molar-refractivity contribution in [2.24, 2.45) is 5.84 Å². The third-order valence-corrected chi connectivity index (χ3v) is 3.29. The van der Waals surface area contributed by atoms with Gasteiger partial charge in [-0.25, -0.2) is 5.84 Å². The molecule has 7 heteroatoms. The molecule has 0 spiro atoms. The zero-order valence-electron chi connectivity index (χ0n) is 7.40. The average Bonchev–Trinajstić information content (AvgIpc) is 2.55. The van der Waals surface area contributed by atoms with E-state index in [-0.39, 0.29) is 11.7 Å². The van der Waals surface area contributed by atoms with Crippen LogP contribution in [-0.4, -0.2) is 16.0 Å². The Bertz CT molecular complexity index is 382. The van der Waals surface area contributed by atoms with Gasteiger partial charge < -0.3 is 0 Å². The van der Waals surface area contributed by atoms with E-state index in [0.717, 1.165) is 4.88 Å². The Labute approximate surface area is 89.4 Å². The van der Waals surface area contributed by atoms with Crippen molar-refractivity contribution in [3.63, 3.8) is 0 Å². The van der Waals surface area contributed by atoms with E-state index in [9.17, 15) is 4.79 Å². The maximum atomic E-state index is 10.8. The monoisotopic (exact) mass is 228 g/mol. The normalized spacial score (nSPS) is 9.50. The molecule has 1 rings (SSSR count). The van der Waals surface area contributed by atoms with E-state index in [0.29, 0.717) is 10.6 Å². The Balaban J connectivity index is 2.68. The molecule has 0 aliphatic rings. The van der Waals surface area contributed by atoms with Crippen LogP contribution in [0, 0.1) is 18.3 Å². The molecule has 5 nitrogen and oxygen atoms in total. The number of hydrazine groups is 1. The summed E-state index contributed by atoms with van der Waals surface area (Å²) in [5.41, 5.74) is 2.56. The molecule has 0 radical (unpaired) electrons. The molecule has 3 N–H and O–H groups in total. The molecule has 0 aliphatic carbocycles. The van der Waals surface area contributed by atoms with E-state index in [1.54, 1.807) is 0 Å². The molecular formula is C7H8N4OS2. The van der Waals surface area contributed by atoms with Crippen LogP contribution in [0.1, 0.15) is 10.4 Å². The number of thioether (sulfide) groups is 1. The van der Waals surface area contributed by atoms with Gasteiger partial charge in [-0.3, -0.25) is 10.2 Å². The van der Waals surface area contributed by atoms with Crippen molar-refractivity contribution in [1.29, 1.82) is 5.26 Å². The molecule has 0 atom stereocenters. The van der Waals surface area contributed by atoms with E-state index in [1.165, 1.54) is 23.3 Å². The third kappa shape index (κ3) is 2.45. The summed E-state index contributed by atoms with van der Waals surface area (Å²) in [6, 6.07) is 2.05. The standard InChI is InChI=1S/C7H8N4OS2/c1-4-5(2-8)7(11-14-4)13-3-6(12)10-9/h3,9H2,1H3,(H,10,12). The average molecular weight is 228 g/mol. The smallest absolute Gasteiger partial charge is 0.244 e. The van der Waals surface area contributed by atoms with Crippen LogP contribution in [-0.2, 0) is 4.79 Å². The molecule has 0 saturated carbocycles. The maximum absolute atomic E-state index is 10.8.